The van der Waals surface area contributed by atoms with Crippen molar-refractivity contribution in [3.8, 4) is 6.07 Å². The van der Waals surface area contributed by atoms with E-state index in [4.69, 9.17) is 16.9 Å². The summed E-state index contributed by atoms with van der Waals surface area (Å²) in [4.78, 5) is 10.3. The molecule has 100 valence electrons. The number of nitrogens with one attached hydrogen (secondary N) is 1. The molecule has 6 heteroatoms. The second-order valence-electron chi connectivity index (χ2n) is 4.09. The zero-order valence-corrected chi connectivity index (χ0v) is 11.1. The Morgan fingerprint density at radius 3 is 2.75 bits per heavy atom. The maximum Gasteiger partial charge on any atom is 0.269 e. The van der Waals surface area contributed by atoms with Crippen molar-refractivity contribution in [2.75, 3.05) is 5.32 Å². The summed E-state index contributed by atoms with van der Waals surface area (Å²) >= 11 is 6.03. The highest BCUT2D eigenvalue weighted by atomic mass is 35.5. The van der Waals surface area contributed by atoms with Gasteiger partial charge in [-0.15, -0.1) is 0 Å². The average Bonchev–Trinajstić information content (AvgIpc) is 2.46. The summed E-state index contributed by atoms with van der Waals surface area (Å²) in [5, 5.41) is 23.0. The van der Waals surface area contributed by atoms with Gasteiger partial charge in [0, 0.05) is 18.7 Å². The molecule has 0 fully saturated rings. The Bertz CT molecular complexity index is 695. The van der Waals surface area contributed by atoms with E-state index in [-0.39, 0.29) is 5.69 Å². The number of anilines is 1. The van der Waals surface area contributed by atoms with Crippen LogP contribution in [0.1, 0.15) is 11.1 Å². The van der Waals surface area contributed by atoms with Gasteiger partial charge in [0.25, 0.3) is 5.69 Å². The number of nitrogens with zero attached hydrogens (tertiary/aromatic N) is 2. The molecule has 0 bridgehead atoms. The molecule has 20 heavy (non-hydrogen) atoms. The summed E-state index contributed by atoms with van der Waals surface area (Å²) < 4.78 is 0. The fraction of sp³-hybridized carbons (Fsp3) is 0.0714. The predicted octanol–water partition coefficient (Wildman–Crippen LogP) is 3.73. The van der Waals surface area contributed by atoms with Crippen molar-refractivity contribution in [2.24, 2.45) is 0 Å². The minimum absolute atomic E-state index is 0.0511. The quantitative estimate of drug-likeness (QED) is 0.686. The Kier molecular flexibility index (Phi) is 4.18. The molecular weight excluding hydrogens is 278 g/mol. The number of benzene rings is 2. The first-order chi connectivity index (χ1) is 9.60. The summed E-state index contributed by atoms with van der Waals surface area (Å²) in [6.07, 6.45) is 0. The third-order valence-corrected chi connectivity index (χ3v) is 3.02. The maximum atomic E-state index is 10.7. The average molecular weight is 288 g/mol. The molecule has 0 saturated heterocycles. The first-order valence-electron chi connectivity index (χ1n) is 5.77. The van der Waals surface area contributed by atoms with Gasteiger partial charge >= 0.3 is 0 Å². The Hall–Kier alpha value is -2.58. The minimum Gasteiger partial charge on any atom is -0.380 e. The van der Waals surface area contributed by atoms with Crippen molar-refractivity contribution < 1.29 is 4.92 Å². The lowest BCUT2D eigenvalue weighted by molar-refractivity contribution is -0.384. The molecule has 5 nitrogen and oxygen atoms in total. The molecule has 2 aromatic carbocycles. The number of nitriles is 1. The second kappa shape index (κ2) is 6.04. The van der Waals surface area contributed by atoms with Gasteiger partial charge in [-0.3, -0.25) is 10.1 Å². The summed E-state index contributed by atoms with van der Waals surface area (Å²) in [5.74, 6) is 0. The lowest BCUT2D eigenvalue weighted by Gasteiger charge is -2.08. The van der Waals surface area contributed by atoms with Crippen LogP contribution in [0.4, 0.5) is 11.4 Å². The Labute approximate surface area is 120 Å². The standard InChI is InChI=1S/C14H10ClN3O2/c15-13-7-10(8-16)4-5-14(13)17-9-11-2-1-3-12(6-11)18(19)20/h1-7,17H,9H2. The third-order valence-electron chi connectivity index (χ3n) is 2.70. The van der Waals surface area contributed by atoms with Crippen LogP contribution in [0, 0.1) is 21.4 Å². The van der Waals surface area contributed by atoms with Crippen LogP contribution in [-0.2, 0) is 6.54 Å². The van der Waals surface area contributed by atoms with Crippen molar-refractivity contribution in [2.45, 2.75) is 6.54 Å². The Morgan fingerprint density at radius 2 is 2.10 bits per heavy atom. The van der Waals surface area contributed by atoms with E-state index in [2.05, 4.69) is 5.32 Å². The number of hydrogen-bond acceptors (Lipinski definition) is 4. The predicted molar refractivity (Wildman–Crippen MR) is 76.6 cm³/mol. The molecule has 2 aromatic rings. The fourth-order valence-corrected chi connectivity index (χ4v) is 1.95. The molecule has 0 aliphatic heterocycles. The summed E-state index contributed by atoms with van der Waals surface area (Å²) in [7, 11) is 0. The molecule has 0 heterocycles. The van der Waals surface area contributed by atoms with Crippen molar-refractivity contribution in [3.05, 3.63) is 68.7 Å². The molecule has 0 radical (unpaired) electrons. The normalized spacial score (nSPS) is 9.80. The molecule has 0 amide bonds. The summed E-state index contributed by atoms with van der Waals surface area (Å²) in [6.45, 7) is 0.410. The topological polar surface area (TPSA) is 79.0 Å². The van der Waals surface area contributed by atoms with Crippen molar-refractivity contribution in [3.63, 3.8) is 0 Å². The van der Waals surface area contributed by atoms with Crippen LogP contribution in [0.25, 0.3) is 0 Å². The van der Waals surface area contributed by atoms with Gasteiger partial charge in [-0.25, -0.2) is 0 Å². The number of nitro benzene ring substituents is 1. The summed E-state index contributed by atoms with van der Waals surface area (Å²) in [5.41, 5.74) is 1.99. The van der Waals surface area contributed by atoms with Gasteiger partial charge in [-0.1, -0.05) is 23.7 Å². The van der Waals surface area contributed by atoms with Crippen LogP contribution in [0.15, 0.2) is 42.5 Å². The van der Waals surface area contributed by atoms with E-state index in [1.165, 1.54) is 12.1 Å². The highest BCUT2D eigenvalue weighted by Crippen LogP contribution is 2.23. The lowest BCUT2D eigenvalue weighted by atomic mass is 10.2. The Morgan fingerprint density at radius 1 is 1.30 bits per heavy atom. The van der Waals surface area contributed by atoms with Gasteiger partial charge in [0.15, 0.2) is 0 Å². The van der Waals surface area contributed by atoms with E-state index in [1.807, 2.05) is 6.07 Å². The molecule has 0 aromatic heterocycles. The second-order valence-corrected chi connectivity index (χ2v) is 4.49. The van der Waals surface area contributed by atoms with Crippen LogP contribution in [0.2, 0.25) is 5.02 Å². The SMILES string of the molecule is N#Cc1ccc(NCc2cccc([N+](=O)[O-])c2)c(Cl)c1. The molecule has 0 atom stereocenters. The highest BCUT2D eigenvalue weighted by molar-refractivity contribution is 6.33. The van der Waals surface area contributed by atoms with Gasteiger partial charge in [0.2, 0.25) is 0 Å². The third kappa shape index (κ3) is 3.25. The number of rotatable bonds is 4. The molecule has 0 aliphatic carbocycles. The van der Waals surface area contributed by atoms with Gasteiger partial charge < -0.3 is 5.32 Å². The first kappa shape index (κ1) is 13.8. The first-order valence-corrected chi connectivity index (χ1v) is 6.15. The van der Waals surface area contributed by atoms with E-state index in [0.29, 0.717) is 22.8 Å². The fourth-order valence-electron chi connectivity index (χ4n) is 1.71. The zero-order chi connectivity index (χ0) is 14.5. The molecule has 1 N–H and O–H groups in total. The smallest absolute Gasteiger partial charge is 0.269 e. The molecule has 2 rings (SSSR count). The molecule has 0 spiro atoms. The molecule has 0 aliphatic rings. The van der Waals surface area contributed by atoms with Gasteiger partial charge in [0.1, 0.15) is 0 Å². The van der Waals surface area contributed by atoms with Gasteiger partial charge in [-0.2, -0.15) is 5.26 Å². The number of non-ortho nitro benzene ring substituents is 1. The molecule has 0 saturated carbocycles. The summed E-state index contributed by atoms with van der Waals surface area (Å²) in [6, 6.07) is 13.3. The maximum absolute atomic E-state index is 10.7. The highest BCUT2D eigenvalue weighted by Gasteiger charge is 2.06. The van der Waals surface area contributed by atoms with Crippen molar-refractivity contribution in [1.82, 2.24) is 0 Å². The van der Waals surface area contributed by atoms with Crippen molar-refractivity contribution >= 4 is 23.0 Å². The molecular formula is C14H10ClN3O2. The minimum atomic E-state index is -0.432. The van der Waals surface area contributed by atoms with Crippen molar-refractivity contribution in [1.29, 1.82) is 5.26 Å². The number of hydrogen-bond donors (Lipinski definition) is 1. The van der Waals surface area contributed by atoms with E-state index >= 15 is 0 Å². The van der Waals surface area contributed by atoms with E-state index < -0.39 is 4.92 Å². The monoisotopic (exact) mass is 287 g/mol. The van der Waals surface area contributed by atoms with Gasteiger partial charge in [0.05, 0.1) is 27.3 Å². The van der Waals surface area contributed by atoms with E-state index in [0.717, 1.165) is 5.56 Å². The van der Waals surface area contributed by atoms with Gasteiger partial charge in [-0.05, 0) is 23.8 Å². The van der Waals surface area contributed by atoms with Crippen LogP contribution in [0.5, 0.6) is 0 Å². The Balaban J connectivity index is 2.11. The van der Waals surface area contributed by atoms with E-state index in [9.17, 15) is 10.1 Å². The molecule has 0 unspecified atom stereocenters. The van der Waals surface area contributed by atoms with Crippen LogP contribution in [0.3, 0.4) is 0 Å². The lowest BCUT2D eigenvalue weighted by Crippen LogP contribution is -2.00. The number of nitro groups is 1. The van der Waals surface area contributed by atoms with Crippen LogP contribution >= 0.6 is 11.6 Å². The zero-order valence-electron chi connectivity index (χ0n) is 10.3. The van der Waals surface area contributed by atoms with Crippen LogP contribution in [-0.4, -0.2) is 4.92 Å². The number of halogens is 1. The van der Waals surface area contributed by atoms with E-state index in [1.54, 1.807) is 30.3 Å². The van der Waals surface area contributed by atoms with Crippen LogP contribution < -0.4 is 5.32 Å². The largest absolute Gasteiger partial charge is 0.380 e.